The number of piperidine rings is 1. The minimum absolute atomic E-state index is 0.00190. The Bertz CT molecular complexity index is 753. The summed E-state index contributed by atoms with van der Waals surface area (Å²) in [7, 11) is 0. The molecule has 0 bridgehead atoms. The maximum atomic E-state index is 12.9. The largest absolute Gasteiger partial charge is 0.383 e. The molecule has 26 heavy (non-hydrogen) atoms. The van der Waals surface area contributed by atoms with E-state index in [0.29, 0.717) is 25.1 Å². The van der Waals surface area contributed by atoms with E-state index in [2.05, 4.69) is 17.0 Å². The van der Waals surface area contributed by atoms with Gasteiger partial charge >= 0.3 is 0 Å². The average molecular weight is 350 g/mol. The van der Waals surface area contributed by atoms with E-state index in [-0.39, 0.29) is 5.91 Å². The number of carbonyl (C=O) groups is 1. The van der Waals surface area contributed by atoms with Gasteiger partial charge in [0.15, 0.2) is 0 Å². The van der Waals surface area contributed by atoms with Crippen LogP contribution in [-0.2, 0) is 5.60 Å². The van der Waals surface area contributed by atoms with Crippen LogP contribution in [0.25, 0.3) is 0 Å². The number of aliphatic hydroxyl groups is 1. The van der Waals surface area contributed by atoms with E-state index in [9.17, 15) is 9.90 Å². The van der Waals surface area contributed by atoms with E-state index < -0.39 is 5.60 Å². The molecular weight excluding hydrogens is 324 g/mol. The molecule has 0 unspecified atom stereocenters. The van der Waals surface area contributed by atoms with Gasteiger partial charge < -0.3 is 14.9 Å². The van der Waals surface area contributed by atoms with Gasteiger partial charge in [0, 0.05) is 30.9 Å². The predicted octanol–water partition coefficient (Wildman–Crippen LogP) is 3.41. The Hall–Kier alpha value is -2.33. The fraction of sp³-hybridized carbons (Fsp3) is 0.409. The van der Waals surface area contributed by atoms with Gasteiger partial charge in [-0.2, -0.15) is 0 Å². The van der Waals surface area contributed by atoms with Crippen molar-refractivity contribution in [1.82, 2.24) is 4.90 Å². The van der Waals surface area contributed by atoms with E-state index >= 15 is 0 Å². The van der Waals surface area contributed by atoms with Crippen molar-refractivity contribution in [2.24, 2.45) is 0 Å². The van der Waals surface area contributed by atoms with E-state index in [1.165, 1.54) is 24.9 Å². The van der Waals surface area contributed by atoms with Crippen LogP contribution in [0.5, 0.6) is 0 Å². The summed E-state index contributed by atoms with van der Waals surface area (Å²) in [5.74, 6) is 0.00190. The number of amides is 1. The number of β-amino-alcohol motifs (C(OH)–C–C–N with tert-alkyl or cyclic N) is 1. The summed E-state index contributed by atoms with van der Waals surface area (Å²) in [5.41, 5.74) is 1.84. The molecule has 0 spiro atoms. The molecule has 2 saturated heterocycles. The minimum Gasteiger partial charge on any atom is -0.383 e. The quantitative estimate of drug-likeness (QED) is 0.922. The summed E-state index contributed by atoms with van der Waals surface area (Å²) >= 11 is 0. The Balaban J connectivity index is 1.45. The standard InChI is InChI=1S/C22H26N2O2/c25-21(18-9-11-20(12-10-18)23-14-5-2-6-15-23)24-16-13-22(26,17-24)19-7-3-1-4-8-19/h1,3-4,7-12,26H,2,5-6,13-17H2/t22-/m0/s1. The van der Waals surface area contributed by atoms with Gasteiger partial charge in [-0.25, -0.2) is 0 Å². The van der Waals surface area contributed by atoms with Crippen molar-refractivity contribution >= 4 is 11.6 Å². The Morgan fingerprint density at radius 1 is 0.885 bits per heavy atom. The normalized spacial score (nSPS) is 23.3. The van der Waals surface area contributed by atoms with Gasteiger partial charge in [0.1, 0.15) is 5.60 Å². The molecule has 2 aliphatic rings. The highest BCUT2D eigenvalue weighted by Gasteiger charge is 2.39. The van der Waals surface area contributed by atoms with Crippen LogP contribution in [0.2, 0.25) is 0 Å². The highest BCUT2D eigenvalue weighted by atomic mass is 16.3. The number of nitrogens with zero attached hydrogens (tertiary/aromatic N) is 2. The molecule has 2 aliphatic heterocycles. The third kappa shape index (κ3) is 3.34. The van der Waals surface area contributed by atoms with Crippen molar-refractivity contribution in [3.63, 3.8) is 0 Å². The first-order valence-electron chi connectivity index (χ1n) is 9.58. The van der Waals surface area contributed by atoms with Crippen molar-refractivity contribution in [3.05, 3.63) is 65.7 Å². The first-order valence-corrected chi connectivity index (χ1v) is 9.58. The van der Waals surface area contributed by atoms with Crippen LogP contribution in [0, 0.1) is 0 Å². The molecule has 4 rings (SSSR count). The molecular formula is C22H26N2O2. The monoisotopic (exact) mass is 350 g/mol. The number of rotatable bonds is 3. The second-order valence-electron chi connectivity index (χ2n) is 7.47. The second-order valence-corrected chi connectivity index (χ2v) is 7.47. The second kappa shape index (κ2) is 7.12. The van der Waals surface area contributed by atoms with Crippen molar-refractivity contribution < 1.29 is 9.90 Å². The lowest BCUT2D eigenvalue weighted by atomic mass is 9.93. The van der Waals surface area contributed by atoms with E-state index in [1.807, 2.05) is 42.5 Å². The maximum Gasteiger partial charge on any atom is 0.253 e. The fourth-order valence-corrected chi connectivity index (χ4v) is 4.10. The summed E-state index contributed by atoms with van der Waals surface area (Å²) in [4.78, 5) is 17.0. The molecule has 0 aromatic heterocycles. The number of hydrogen-bond acceptors (Lipinski definition) is 3. The van der Waals surface area contributed by atoms with Gasteiger partial charge in [0.2, 0.25) is 0 Å². The maximum absolute atomic E-state index is 12.9. The van der Waals surface area contributed by atoms with Crippen molar-refractivity contribution in [2.45, 2.75) is 31.3 Å². The van der Waals surface area contributed by atoms with E-state index in [1.54, 1.807) is 4.90 Å². The molecule has 1 amide bonds. The van der Waals surface area contributed by atoms with Crippen LogP contribution in [0.3, 0.4) is 0 Å². The zero-order valence-electron chi connectivity index (χ0n) is 15.1. The Morgan fingerprint density at radius 3 is 2.27 bits per heavy atom. The van der Waals surface area contributed by atoms with Gasteiger partial charge in [-0.3, -0.25) is 4.79 Å². The van der Waals surface area contributed by atoms with Gasteiger partial charge in [-0.1, -0.05) is 30.3 Å². The zero-order chi connectivity index (χ0) is 18.0. The fourth-order valence-electron chi connectivity index (χ4n) is 4.10. The third-order valence-electron chi connectivity index (χ3n) is 5.68. The lowest BCUT2D eigenvalue weighted by molar-refractivity contribution is 0.0417. The van der Waals surface area contributed by atoms with Crippen LogP contribution in [0.4, 0.5) is 5.69 Å². The van der Waals surface area contributed by atoms with E-state index in [0.717, 1.165) is 18.7 Å². The van der Waals surface area contributed by atoms with Crippen LogP contribution < -0.4 is 4.90 Å². The predicted molar refractivity (Wildman–Crippen MR) is 103 cm³/mol. The number of anilines is 1. The highest BCUT2D eigenvalue weighted by Crippen LogP contribution is 2.32. The molecule has 2 aromatic carbocycles. The zero-order valence-corrected chi connectivity index (χ0v) is 15.1. The lowest BCUT2D eigenvalue weighted by Crippen LogP contribution is -2.34. The summed E-state index contributed by atoms with van der Waals surface area (Å²) in [6.07, 6.45) is 4.38. The van der Waals surface area contributed by atoms with Crippen molar-refractivity contribution in [3.8, 4) is 0 Å². The molecule has 0 saturated carbocycles. The minimum atomic E-state index is -0.940. The van der Waals surface area contributed by atoms with Crippen molar-refractivity contribution in [2.75, 3.05) is 31.1 Å². The van der Waals surface area contributed by atoms with Crippen LogP contribution in [0.1, 0.15) is 41.6 Å². The average Bonchev–Trinajstić information content (AvgIpc) is 3.12. The Morgan fingerprint density at radius 2 is 1.58 bits per heavy atom. The molecule has 0 radical (unpaired) electrons. The molecule has 1 N–H and O–H groups in total. The van der Waals surface area contributed by atoms with Gasteiger partial charge in [0.05, 0.1) is 6.54 Å². The molecule has 2 aromatic rings. The molecule has 0 aliphatic carbocycles. The number of hydrogen-bond donors (Lipinski definition) is 1. The molecule has 4 nitrogen and oxygen atoms in total. The summed E-state index contributed by atoms with van der Waals surface area (Å²) in [6, 6.07) is 17.6. The van der Waals surface area contributed by atoms with Crippen molar-refractivity contribution in [1.29, 1.82) is 0 Å². The summed E-state index contributed by atoms with van der Waals surface area (Å²) in [5, 5.41) is 10.9. The highest BCUT2D eigenvalue weighted by molar-refractivity contribution is 5.94. The van der Waals surface area contributed by atoms with E-state index in [4.69, 9.17) is 0 Å². The van der Waals surface area contributed by atoms with Gasteiger partial charge in [0.25, 0.3) is 5.91 Å². The summed E-state index contributed by atoms with van der Waals surface area (Å²) in [6.45, 7) is 3.13. The van der Waals surface area contributed by atoms with Crippen LogP contribution in [0.15, 0.2) is 54.6 Å². The first kappa shape index (κ1) is 17.1. The molecule has 2 fully saturated rings. The van der Waals surface area contributed by atoms with Gasteiger partial charge in [-0.05, 0) is 55.5 Å². The van der Waals surface area contributed by atoms with Crippen LogP contribution in [-0.4, -0.2) is 42.1 Å². The third-order valence-corrected chi connectivity index (χ3v) is 5.68. The summed E-state index contributed by atoms with van der Waals surface area (Å²) < 4.78 is 0. The molecule has 136 valence electrons. The SMILES string of the molecule is O=C(c1ccc(N2CCCCC2)cc1)N1CC[C@@](O)(c2ccccc2)C1. The Kier molecular flexibility index (Phi) is 4.68. The van der Waals surface area contributed by atoms with Gasteiger partial charge in [-0.15, -0.1) is 0 Å². The Labute approximate surface area is 155 Å². The number of carbonyl (C=O) groups excluding carboxylic acids is 1. The topological polar surface area (TPSA) is 43.8 Å². The number of benzene rings is 2. The first-order chi connectivity index (χ1) is 12.7. The molecule has 2 heterocycles. The smallest absolute Gasteiger partial charge is 0.253 e. The van der Waals surface area contributed by atoms with Crippen LogP contribution >= 0.6 is 0 Å². The lowest BCUT2D eigenvalue weighted by Gasteiger charge is -2.29. The molecule has 4 heteroatoms. The molecule has 1 atom stereocenters. The number of likely N-dealkylation sites (tertiary alicyclic amines) is 1.